The number of hydrogen-bond donors (Lipinski definition) is 2. The molecule has 2 aromatic carbocycles. The summed E-state index contributed by atoms with van der Waals surface area (Å²) in [5, 5.41) is 8.09. The van der Waals surface area contributed by atoms with Gasteiger partial charge in [0.1, 0.15) is 17.6 Å². The first-order chi connectivity index (χ1) is 18.0. The molecule has 1 atom stereocenters. The van der Waals surface area contributed by atoms with Crippen LogP contribution in [0, 0.1) is 0 Å². The number of hydrogen-bond acceptors (Lipinski definition) is 8. The van der Waals surface area contributed by atoms with Crippen molar-refractivity contribution in [1.82, 2.24) is 10.2 Å². The van der Waals surface area contributed by atoms with E-state index in [1.165, 1.54) is 18.9 Å². The normalized spacial score (nSPS) is 15.9. The number of methoxy groups -OCH3 is 1. The summed E-state index contributed by atoms with van der Waals surface area (Å²) < 4.78 is 5.30. The maximum Gasteiger partial charge on any atom is 0.271 e. The molecule has 1 aromatic heterocycles. The van der Waals surface area contributed by atoms with E-state index in [1.54, 1.807) is 34.4 Å². The maximum absolute atomic E-state index is 12.9. The van der Waals surface area contributed by atoms with Crippen LogP contribution in [0.4, 0.5) is 11.4 Å². The molecule has 1 unspecified atom stereocenters. The number of rotatable bonds is 8. The summed E-state index contributed by atoms with van der Waals surface area (Å²) in [7, 11) is 1.54. The second-order valence-electron chi connectivity index (χ2n) is 8.17. The standard InChI is InChI=1S/C26H23N5O4S2/c1-35-21-11-5-4-10-19(21)28-23(33)15-37-26-29-18-9-3-2-8-17(18)24-30-25(34)20(31(24)26)13-22(32)27-14-16-7-6-12-36-16/h2-12,20H,13-15H2,1H3,(H,27,32)(H,28,33). The topological polar surface area (TPSA) is 112 Å². The van der Waals surface area contributed by atoms with Gasteiger partial charge in [0, 0.05) is 10.4 Å². The first-order valence-corrected chi connectivity index (χ1v) is 13.3. The molecule has 37 heavy (non-hydrogen) atoms. The summed E-state index contributed by atoms with van der Waals surface area (Å²) in [5.74, 6) is 0.0987. The molecule has 2 aliphatic rings. The van der Waals surface area contributed by atoms with Crippen molar-refractivity contribution in [3.8, 4) is 5.75 Å². The number of fused-ring (bicyclic) bond motifs is 3. The number of amidine groups is 2. The van der Waals surface area contributed by atoms with Gasteiger partial charge in [-0.15, -0.1) is 11.3 Å². The molecule has 2 aliphatic heterocycles. The Balaban J connectivity index is 1.32. The molecule has 2 N–H and O–H groups in total. The van der Waals surface area contributed by atoms with Crippen molar-refractivity contribution < 1.29 is 19.1 Å². The number of amides is 3. The van der Waals surface area contributed by atoms with E-state index in [4.69, 9.17) is 9.73 Å². The van der Waals surface area contributed by atoms with Crippen molar-refractivity contribution in [2.75, 3.05) is 18.2 Å². The molecular formula is C26H23N5O4S2. The molecule has 3 heterocycles. The molecule has 0 radical (unpaired) electrons. The van der Waals surface area contributed by atoms with E-state index in [9.17, 15) is 14.4 Å². The van der Waals surface area contributed by atoms with Gasteiger partial charge < -0.3 is 15.4 Å². The number of thioether (sulfide) groups is 1. The van der Waals surface area contributed by atoms with E-state index in [1.807, 2.05) is 47.8 Å². The van der Waals surface area contributed by atoms with Crippen LogP contribution < -0.4 is 15.4 Å². The largest absolute Gasteiger partial charge is 0.495 e. The first-order valence-electron chi connectivity index (χ1n) is 11.5. The number of aliphatic imine (C=N–C) groups is 2. The molecule has 9 nitrogen and oxygen atoms in total. The number of benzene rings is 2. The van der Waals surface area contributed by atoms with Gasteiger partial charge in [0.05, 0.1) is 37.2 Å². The molecular weight excluding hydrogens is 510 g/mol. The fourth-order valence-electron chi connectivity index (χ4n) is 4.01. The number of carbonyl (C=O) groups excluding carboxylic acids is 3. The molecule has 188 valence electrons. The minimum atomic E-state index is -0.838. The van der Waals surface area contributed by atoms with Crippen LogP contribution in [-0.2, 0) is 20.9 Å². The Kier molecular flexibility index (Phi) is 7.33. The SMILES string of the molecule is COc1ccccc1NC(=O)CSC1=Nc2ccccc2C2=NC(=O)C(CC(=O)NCc3cccs3)N12. The van der Waals surface area contributed by atoms with Gasteiger partial charge in [-0.05, 0) is 35.7 Å². The summed E-state index contributed by atoms with van der Waals surface area (Å²) in [5.41, 5.74) is 1.92. The number of nitrogens with one attached hydrogen (secondary N) is 2. The quantitative estimate of drug-likeness (QED) is 0.456. The third kappa shape index (κ3) is 5.42. The zero-order chi connectivity index (χ0) is 25.8. The van der Waals surface area contributed by atoms with Crippen molar-refractivity contribution in [1.29, 1.82) is 0 Å². The van der Waals surface area contributed by atoms with Crippen LogP contribution in [0.15, 0.2) is 76.0 Å². The van der Waals surface area contributed by atoms with Crippen LogP contribution in [0.1, 0.15) is 16.9 Å². The number of ether oxygens (including phenoxy) is 1. The zero-order valence-corrected chi connectivity index (χ0v) is 21.5. The van der Waals surface area contributed by atoms with Crippen molar-refractivity contribution in [2.45, 2.75) is 19.0 Å². The van der Waals surface area contributed by atoms with Gasteiger partial charge >= 0.3 is 0 Å². The van der Waals surface area contributed by atoms with Crippen LogP contribution in [-0.4, -0.2) is 52.5 Å². The molecule has 0 fully saturated rings. The van der Waals surface area contributed by atoms with Gasteiger partial charge in [-0.2, -0.15) is 4.99 Å². The van der Waals surface area contributed by atoms with Crippen molar-refractivity contribution in [3.63, 3.8) is 0 Å². The number of para-hydroxylation sites is 3. The number of thiophene rings is 1. The monoisotopic (exact) mass is 533 g/mol. The molecule has 11 heteroatoms. The van der Waals surface area contributed by atoms with E-state index in [0.29, 0.717) is 40.2 Å². The lowest BCUT2D eigenvalue weighted by Gasteiger charge is -2.30. The minimum absolute atomic E-state index is 0.0360. The van der Waals surface area contributed by atoms with E-state index in [0.717, 1.165) is 4.88 Å². The second kappa shape index (κ2) is 11.0. The lowest BCUT2D eigenvalue weighted by atomic mass is 10.1. The highest BCUT2D eigenvalue weighted by atomic mass is 32.2. The predicted octanol–water partition coefficient (Wildman–Crippen LogP) is 3.79. The van der Waals surface area contributed by atoms with Gasteiger partial charge in [0.2, 0.25) is 11.8 Å². The summed E-state index contributed by atoms with van der Waals surface area (Å²) in [6.07, 6.45) is -0.0770. The van der Waals surface area contributed by atoms with Gasteiger partial charge in [0.25, 0.3) is 5.91 Å². The van der Waals surface area contributed by atoms with Crippen LogP contribution in [0.2, 0.25) is 0 Å². The Morgan fingerprint density at radius 2 is 1.86 bits per heavy atom. The number of nitrogens with zero attached hydrogens (tertiary/aromatic N) is 3. The maximum atomic E-state index is 12.9. The average molecular weight is 534 g/mol. The lowest BCUT2D eigenvalue weighted by molar-refractivity contribution is -0.126. The van der Waals surface area contributed by atoms with Gasteiger partial charge in [-0.25, -0.2) is 4.99 Å². The molecule has 0 spiro atoms. The molecule has 0 bridgehead atoms. The molecule has 0 saturated carbocycles. The van der Waals surface area contributed by atoms with E-state index >= 15 is 0 Å². The highest BCUT2D eigenvalue weighted by Gasteiger charge is 2.42. The number of anilines is 1. The first kappa shape index (κ1) is 24.7. The summed E-state index contributed by atoms with van der Waals surface area (Å²) in [4.78, 5) is 50.1. The zero-order valence-electron chi connectivity index (χ0n) is 19.8. The van der Waals surface area contributed by atoms with Gasteiger partial charge in [-0.1, -0.05) is 42.1 Å². The smallest absolute Gasteiger partial charge is 0.271 e. The minimum Gasteiger partial charge on any atom is -0.495 e. The Hall–Kier alpha value is -3.96. The molecule has 3 aromatic rings. The molecule has 5 rings (SSSR count). The molecule has 0 aliphatic carbocycles. The van der Waals surface area contributed by atoms with Gasteiger partial charge in [-0.3, -0.25) is 19.3 Å². The third-order valence-corrected chi connectivity index (χ3v) is 7.57. The van der Waals surface area contributed by atoms with Crippen molar-refractivity contribution in [2.24, 2.45) is 9.98 Å². The van der Waals surface area contributed by atoms with Crippen LogP contribution >= 0.6 is 23.1 Å². The van der Waals surface area contributed by atoms with E-state index in [-0.39, 0.29) is 24.0 Å². The Morgan fingerprint density at radius 3 is 2.68 bits per heavy atom. The summed E-state index contributed by atoms with van der Waals surface area (Å²) in [6.45, 7) is 0.396. The van der Waals surface area contributed by atoms with Crippen molar-refractivity contribution in [3.05, 3.63) is 76.5 Å². The van der Waals surface area contributed by atoms with Crippen molar-refractivity contribution >= 4 is 63.2 Å². The predicted molar refractivity (Wildman–Crippen MR) is 146 cm³/mol. The summed E-state index contributed by atoms with van der Waals surface area (Å²) in [6, 6.07) is 17.5. The number of carbonyl (C=O) groups is 3. The Labute approximate surface area is 221 Å². The second-order valence-corrected chi connectivity index (χ2v) is 10.1. The van der Waals surface area contributed by atoms with E-state index in [2.05, 4.69) is 15.6 Å². The molecule has 3 amide bonds. The summed E-state index contributed by atoms with van der Waals surface area (Å²) >= 11 is 2.73. The average Bonchev–Trinajstić information content (AvgIpc) is 3.54. The van der Waals surface area contributed by atoms with Crippen LogP contribution in [0.3, 0.4) is 0 Å². The lowest BCUT2D eigenvalue weighted by Crippen LogP contribution is -2.46. The highest BCUT2D eigenvalue weighted by Crippen LogP contribution is 2.35. The fourth-order valence-corrected chi connectivity index (χ4v) is 5.51. The Bertz CT molecular complexity index is 1400. The van der Waals surface area contributed by atoms with Crippen LogP contribution in [0.25, 0.3) is 0 Å². The van der Waals surface area contributed by atoms with Crippen LogP contribution in [0.5, 0.6) is 5.75 Å². The van der Waals surface area contributed by atoms with Gasteiger partial charge in [0.15, 0.2) is 5.17 Å². The highest BCUT2D eigenvalue weighted by molar-refractivity contribution is 8.14. The molecule has 0 saturated heterocycles. The third-order valence-electron chi connectivity index (χ3n) is 5.74. The fraction of sp³-hybridized carbons (Fsp3) is 0.192. The van der Waals surface area contributed by atoms with E-state index < -0.39 is 11.9 Å². The Morgan fingerprint density at radius 1 is 1.05 bits per heavy atom.